The first-order valence-corrected chi connectivity index (χ1v) is 13.4. The Hall–Kier alpha value is -4.85. The Kier molecular flexibility index (Phi) is 6.82. The summed E-state index contributed by atoms with van der Waals surface area (Å²) in [5, 5.41) is 15.9. The van der Waals surface area contributed by atoms with Crippen molar-refractivity contribution in [3.8, 4) is 40.0 Å². The smallest absolute Gasteiger partial charge is 0.259 e. The monoisotopic (exact) mass is 548 g/mol. The molecule has 1 aliphatic heterocycles. The molecule has 6 rings (SSSR count). The molecule has 2 aromatic carbocycles. The second-order valence-electron chi connectivity index (χ2n) is 9.31. The minimum Gasteiger partial charge on any atom is -0.496 e. The number of hydrogen-bond donors (Lipinski definition) is 2. The number of thiazole rings is 1. The molecule has 5 aromatic rings. The second kappa shape index (κ2) is 10.7. The second-order valence-corrected chi connectivity index (χ2v) is 10.3. The molecule has 0 saturated carbocycles. The lowest BCUT2D eigenvalue weighted by molar-refractivity contribution is 0.102. The van der Waals surface area contributed by atoms with Crippen LogP contribution in [0.15, 0.2) is 66.9 Å². The molecule has 10 heteroatoms. The number of benzene rings is 2. The maximum absolute atomic E-state index is 13.4. The van der Waals surface area contributed by atoms with Crippen molar-refractivity contribution in [3.63, 3.8) is 0 Å². The van der Waals surface area contributed by atoms with E-state index in [-0.39, 0.29) is 12.0 Å². The number of carbonyl (C=O) groups is 1. The van der Waals surface area contributed by atoms with Crippen LogP contribution in [-0.4, -0.2) is 47.2 Å². The number of methoxy groups -OCH3 is 1. The molecule has 1 saturated heterocycles. The summed E-state index contributed by atoms with van der Waals surface area (Å²) in [5.74, 6) is 1.01. The van der Waals surface area contributed by atoms with E-state index in [0.29, 0.717) is 43.5 Å². The number of anilines is 1. The molecular weight excluding hydrogens is 524 g/mol. The largest absolute Gasteiger partial charge is 0.496 e. The predicted octanol–water partition coefficient (Wildman–Crippen LogP) is 5.21. The lowest BCUT2D eigenvalue weighted by Crippen LogP contribution is -2.50. The number of aromatic nitrogens is 3. The highest BCUT2D eigenvalue weighted by Gasteiger charge is 2.20. The van der Waals surface area contributed by atoms with E-state index in [9.17, 15) is 10.1 Å². The zero-order chi connectivity index (χ0) is 27.6. The van der Waals surface area contributed by atoms with E-state index in [4.69, 9.17) is 14.5 Å². The SMILES string of the molecule is COc1ccc(C#N)cc1-c1cc(C)ncc1C(=O)Nc1nc2ccc(-c3ccc(OC4CNC4)cc3)nc2s1. The number of carbonyl (C=O) groups excluding carboxylic acids is 1. The van der Waals surface area contributed by atoms with E-state index in [1.54, 1.807) is 31.4 Å². The van der Waals surface area contributed by atoms with Gasteiger partial charge >= 0.3 is 0 Å². The zero-order valence-electron chi connectivity index (χ0n) is 21.8. The third-order valence-corrected chi connectivity index (χ3v) is 7.46. The van der Waals surface area contributed by atoms with Gasteiger partial charge in [-0.05, 0) is 67.6 Å². The van der Waals surface area contributed by atoms with Gasteiger partial charge in [0.25, 0.3) is 5.91 Å². The standard InChI is InChI=1S/C30H24N6O3S/c1-17-11-22(23-12-18(13-31)3-10-27(23)38-2)24(16-33-17)28(37)36-30-35-26-9-8-25(34-29(26)40-30)19-4-6-20(7-5-19)39-21-14-32-15-21/h3-12,16,21,32H,14-15H2,1-2H3,(H,35,36,37). The maximum atomic E-state index is 13.4. The van der Waals surface area contributed by atoms with Crippen LogP contribution in [0.4, 0.5) is 5.13 Å². The van der Waals surface area contributed by atoms with Gasteiger partial charge in [0.05, 0.1) is 30.0 Å². The molecule has 0 aliphatic carbocycles. The molecule has 9 nitrogen and oxygen atoms in total. The number of fused-ring (bicyclic) bond motifs is 1. The third-order valence-electron chi connectivity index (χ3n) is 6.58. The van der Waals surface area contributed by atoms with Crippen molar-refractivity contribution in [3.05, 3.63) is 83.7 Å². The Morgan fingerprint density at radius 3 is 2.62 bits per heavy atom. The minimum absolute atomic E-state index is 0.225. The van der Waals surface area contributed by atoms with Crippen LogP contribution >= 0.6 is 11.3 Å². The predicted molar refractivity (Wildman–Crippen MR) is 154 cm³/mol. The number of pyridine rings is 2. The number of nitriles is 1. The van der Waals surface area contributed by atoms with Crippen LogP contribution in [0, 0.1) is 18.3 Å². The molecule has 1 fully saturated rings. The van der Waals surface area contributed by atoms with Gasteiger partial charge in [0.2, 0.25) is 0 Å². The van der Waals surface area contributed by atoms with Gasteiger partial charge in [0.1, 0.15) is 28.0 Å². The van der Waals surface area contributed by atoms with Gasteiger partial charge in [0, 0.05) is 41.7 Å². The molecule has 1 aliphatic rings. The quantitative estimate of drug-likeness (QED) is 0.284. The lowest BCUT2D eigenvalue weighted by Gasteiger charge is -2.27. The fourth-order valence-corrected chi connectivity index (χ4v) is 5.22. The van der Waals surface area contributed by atoms with Crippen molar-refractivity contribution >= 4 is 32.7 Å². The summed E-state index contributed by atoms with van der Waals surface area (Å²) >= 11 is 1.30. The molecular formula is C30H24N6O3S. The maximum Gasteiger partial charge on any atom is 0.259 e. The molecule has 0 bridgehead atoms. The van der Waals surface area contributed by atoms with Crippen molar-refractivity contribution in [1.82, 2.24) is 20.3 Å². The van der Waals surface area contributed by atoms with Gasteiger partial charge < -0.3 is 14.8 Å². The topological polar surface area (TPSA) is 122 Å². The van der Waals surface area contributed by atoms with Crippen LogP contribution in [0.25, 0.3) is 32.7 Å². The van der Waals surface area contributed by atoms with E-state index in [1.807, 2.05) is 43.3 Å². The Morgan fingerprint density at radius 1 is 1.07 bits per heavy atom. The van der Waals surface area contributed by atoms with E-state index in [1.165, 1.54) is 17.5 Å². The van der Waals surface area contributed by atoms with E-state index < -0.39 is 0 Å². The number of amides is 1. The van der Waals surface area contributed by atoms with Crippen molar-refractivity contribution in [1.29, 1.82) is 5.26 Å². The minimum atomic E-state index is -0.372. The molecule has 1 amide bonds. The highest BCUT2D eigenvalue weighted by Crippen LogP contribution is 2.35. The number of rotatable bonds is 7. The average molecular weight is 549 g/mol. The third kappa shape index (κ3) is 5.08. The zero-order valence-corrected chi connectivity index (χ0v) is 22.6. The van der Waals surface area contributed by atoms with Crippen molar-refractivity contribution in [2.24, 2.45) is 0 Å². The molecule has 198 valence electrons. The summed E-state index contributed by atoms with van der Waals surface area (Å²) < 4.78 is 11.4. The van der Waals surface area contributed by atoms with Crippen LogP contribution in [0.5, 0.6) is 11.5 Å². The van der Waals surface area contributed by atoms with Crippen LogP contribution in [0.2, 0.25) is 0 Å². The van der Waals surface area contributed by atoms with Gasteiger partial charge in [-0.1, -0.05) is 11.3 Å². The van der Waals surface area contributed by atoms with Gasteiger partial charge in [-0.3, -0.25) is 15.1 Å². The highest BCUT2D eigenvalue weighted by atomic mass is 32.1. The number of ether oxygens (including phenoxy) is 2. The Balaban J connectivity index is 1.26. The van der Waals surface area contributed by atoms with Gasteiger partial charge in [-0.25, -0.2) is 9.97 Å². The van der Waals surface area contributed by atoms with E-state index in [0.717, 1.165) is 35.8 Å². The fraction of sp³-hybridized carbons (Fsp3) is 0.167. The number of nitrogens with one attached hydrogen (secondary N) is 2. The summed E-state index contributed by atoms with van der Waals surface area (Å²) in [4.78, 5) is 27.8. The first kappa shape index (κ1) is 25.4. The van der Waals surface area contributed by atoms with Crippen molar-refractivity contribution < 1.29 is 14.3 Å². The molecule has 2 N–H and O–H groups in total. The van der Waals surface area contributed by atoms with Crippen molar-refractivity contribution in [2.45, 2.75) is 13.0 Å². The van der Waals surface area contributed by atoms with E-state index in [2.05, 4.69) is 26.7 Å². The summed E-state index contributed by atoms with van der Waals surface area (Å²) in [6, 6.07) is 20.7. The van der Waals surface area contributed by atoms with Gasteiger partial charge in [0.15, 0.2) is 5.13 Å². The first-order valence-electron chi connectivity index (χ1n) is 12.6. The van der Waals surface area contributed by atoms with Gasteiger partial charge in [-0.2, -0.15) is 5.26 Å². The number of nitrogens with zero attached hydrogens (tertiary/aromatic N) is 4. The summed E-state index contributed by atoms with van der Waals surface area (Å²) in [5.41, 5.74) is 5.23. The summed E-state index contributed by atoms with van der Waals surface area (Å²) in [6.07, 6.45) is 1.75. The highest BCUT2D eigenvalue weighted by molar-refractivity contribution is 7.22. The summed E-state index contributed by atoms with van der Waals surface area (Å²) in [6.45, 7) is 3.58. The van der Waals surface area contributed by atoms with Crippen LogP contribution in [0.1, 0.15) is 21.6 Å². The number of hydrogen-bond acceptors (Lipinski definition) is 9. The molecule has 0 spiro atoms. The molecule has 4 heterocycles. The fourth-order valence-electron chi connectivity index (χ4n) is 4.39. The first-order chi connectivity index (χ1) is 19.5. The lowest BCUT2D eigenvalue weighted by atomic mass is 9.97. The number of aryl methyl sites for hydroxylation is 1. The van der Waals surface area contributed by atoms with E-state index >= 15 is 0 Å². The Bertz CT molecular complexity index is 1770. The van der Waals surface area contributed by atoms with Crippen LogP contribution in [0.3, 0.4) is 0 Å². The molecule has 0 atom stereocenters. The van der Waals surface area contributed by atoms with Gasteiger partial charge in [-0.15, -0.1) is 0 Å². The molecule has 40 heavy (non-hydrogen) atoms. The van der Waals surface area contributed by atoms with Crippen LogP contribution < -0.4 is 20.1 Å². The normalized spacial score (nSPS) is 12.9. The Morgan fingerprint density at radius 2 is 1.90 bits per heavy atom. The van der Waals surface area contributed by atoms with Crippen molar-refractivity contribution in [2.75, 3.05) is 25.5 Å². The summed E-state index contributed by atoms with van der Waals surface area (Å²) in [7, 11) is 1.55. The molecule has 0 unspecified atom stereocenters. The van der Waals surface area contributed by atoms with Crippen LogP contribution in [-0.2, 0) is 0 Å². The Labute approximate surface area is 234 Å². The molecule has 0 radical (unpaired) electrons. The average Bonchev–Trinajstić information content (AvgIpc) is 3.36. The molecule has 3 aromatic heterocycles.